The Morgan fingerprint density at radius 2 is 2.25 bits per heavy atom. The van der Waals surface area contributed by atoms with Crippen LogP contribution in [-0.2, 0) is 0 Å². The number of benzene rings is 1. The molecular weight excluding hydrogens is 262 g/mol. The topological polar surface area (TPSA) is 81.8 Å². The smallest absolute Gasteiger partial charge is 0.314 e. The monoisotopic (exact) mass is 281 g/mol. The van der Waals surface area contributed by atoms with Crippen molar-refractivity contribution in [2.24, 2.45) is 5.41 Å². The molecule has 0 bridgehead atoms. The molecule has 1 aromatic carbocycles. The number of nitro benzene ring substituents is 1. The second kappa shape index (κ2) is 5.28. The van der Waals surface area contributed by atoms with Crippen LogP contribution in [0.4, 0.5) is 5.69 Å². The maximum absolute atomic E-state index is 11.0. The van der Waals surface area contributed by atoms with Crippen LogP contribution in [0.15, 0.2) is 18.2 Å². The zero-order valence-corrected chi connectivity index (χ0v) is 11.8. The maximum Gasteiger partial charge on any atom is 0.314 e. The van der Waals surface area contributed by atoms with Crippen molar-refractivity contribution in [1.82, 2.24) is 0 Å². The fourth-order valence-corrected chi connectivity index (χ4v) is 2.49. The van der Waals surface area contributed by atoms with Crippen molar-refractivity contribution >= 4 is 5.69 Å². The Balaban J connectivity index is 2.19. The second-order valence-electron chi connectivity index (χ2n) is 5.31. The van der Waals surface area contributed by atoms with E-state index >= 15 is 0 Å². The van der Waals surface area contributed by atoms with Crippen LogP contribution in [0.1, 0.15) is 26.7 Å². The molecular formula is C14H19NO5. The van der Waals surface area contributed by atoms with Crippen molar-refractivity contribution in [2.75, 3.05) is 7.11 Å². The Hall–Kier alpha value is -1.82. The van der Waals surface area contributed by atoms with Crippen LogP contribution >= 0.6 is 0 Å². The highest BCUT2D eigenvalue weighted by Gasteiger charge is 2.51. The zero-order chi connectivity index (χ0) is 14.9. The van der Waals surface area contributed by atoms with Crippen LogP contribution in [0.25, 0.3) is 0 Å². The van der Waals surface area contributed by atoms with Gasteiger partial charge in [0.05, 0.1) is 24.2 Å². The highest BCUT2D eigenvalue weighted by molar-refractivity contribution is 5.51. The molecule has 1 aliphatic rings. The van der Waals surface area contributed by atoms with E-state index < -0.39 is 4.92 Å². The minimum Gasteiger partial charge on any atom is -0.490 e. The maximum atomic E-state index is 11.0. The van der Waals surface area contributed by atoms with E-state index in [1.54, 1.807) is 6.07 Å². The molecule has 0 radical (unpaired) electrons. The molecule has 20 heavy (non-hydrogen) atoms. The van der Waals surface area contributed by atoms with Gasteiger partial charge in [-0.15, -0.1) is 0 Å². The first-order valence-corrected chi connectivity index (χ1v) is 6.59. The van der Waals surface area contributed by atoms with E-state index in [9.17, 15) is 15.2 Å². The summed E-state index contributed by atoms with van der Waals surface area (Å²) >= 11 is 0. The quantitative estimate of drug-likeness (QED) is 0.662. The van der Waals surface area contributed by atoms with Gasteiger partial charge >= 0.3 is 5.69 Å². The van der Waals surface area contributed by atoms with Gasteiger partial charge in [-0.05, 0) is 18.6 Å². The number of hydrogen-bond donors (Lipinski definition) is 1. The van der Waals surface area contributed by atoms with E-state index in [-0.39, 0.29) is 29.1 Å². The van der Waals surface area contributed by atoms with Crippen molar-refractivity contribution < 1.29 is 19.5 Å². The number of hydrogen-bond acceptors (Lipinski definition) is 5. The predicted octanol–water partition coefficient (Wildman–Crippen LogP) is 2.53. The van der Waals surface area contributed by atoms with Gasteiger partial charge in [0.15, 0.2) is 5.75 Å². The molecule has 0 aromatic heterocycles. The number of nitro groups is 1. The third-order valence-corrected chi connectivity index (χ3v) is 4.32. The lowest BCUT2D eigenvalue weighted by molar-refractivity contribution is -0.385. The third-order valence-electron chi connectivity index (χ3n) is 4.32. The summed E-state index contributed by atoms with van der Waals surface area (Å²) in [6.07, 6.45) is 0.822. The van der Waals surface area contributed by atoms with Gasteiger partial charge in [-0.3, -0.25) is 10.1 Å². The van der Waals surface area contributed by atoms with E-state index in [1.807, 2.05) is 13.8 Å². The van der Waals surface area contributed by atoms with Crippen LogP contribution in [0, 0.1) is 15.5 Å². The van der Waals surface area contributed by atoms with Crippen LogP contribution in [-0.4, -0.2) is 29.3 Å². The molecule has 0 spiro atoms. The van der Waals surface area contributed by atoms with Crippen molar-refractivity contribution in [1.29, 1.82) is 0 Å². The first-order valence-electron chi connectivity index (χ1n) is 6.59. The Morgan fingerprint density at radius 1 is 1.55 bits per heavy atom. The summed E-state index contributed by atoms with van der Waals surface area (Å²) in [5.41, 5.74) is -0.419. The van der Waals surface area contributed by atoms with E-state index in [0.29, 0.717) is 12.2 Å². The van der Waals surface area contributed by atoms with Crippen LogP contribution in [0.2, 0.25) is 0 Å². The van der Waals surface area contributed by atoms with Gasteiger partial charge in [-0.25, -0.2) is 0 Å². The molecule has 1 fully saturated rings. The molecule has 6 heteroatoms. The number of aliphatic hydroxyl groups is 1. The minimum atomic E-state index is -0.500. The van der Waals surface area contributed by atoms with Gasteiger partial charge < -0.3 is 14.6 Å². The first-order chi connectivity index (χ1) is 9.42. The van der Waals surface area contributed by atoms with Crippen LogP contribution in [0.5, 0.6) is 11.5 Å². The Bertz CT molecular complexity index is 518. The summed E-state index contributed by atoms with van der Waals surface area (Å²) in [4.78, 5) is 10.5. The highest BCUT2D eigenvalue weighted by Crippen LogP contribution is 2.46. The minimum absolute atomic E-state index is 0.122. The van der Waals surface area contributed by atoms with Gasteiger partial charge in [-0.2, -0.15) is 0 Å². The predicted molar refractivity (Wildman–Crippen MR) is 73.1 cm³/mol. The number of aliphatic hydroxyl groups excluding tert-OH is 1. The lowest BCUT2D eigenvalue weighted by Gasteiger charge is -2.50. The Kier molecular flexibility index (Phi) is 3.85. The van der Waals surface area contributed by atoms with Crippen molar-refractivity contribution in [3.05, 3.63) is 28.3 Å². The molecule has 1 aromatic rings. The van der Waals surface area contributed by atoms with E-state index in [2.05, 4.69) is 0 Å². The summed E-state index contributed by atoms with van der Waals surface area (Å²) in [7, 11) is 1.39. The number of ether oxygens (including phenoxy) is 2. The summed E-state index contributed by atoms with van der Waals surface area (Å²) in [6.45, 7) is 3.96. The fourth-order valence-electron chi connectivity index (χ4n) is 2.49. The third kappa shape index (κ3) is 2.31. The molecule has 1 aliphatic carbocycles. The molecule has 0 heterocycles. The van der Waals surface area contributed by atoms with Gasteiger partial charge in [0.25, 0.3) is 0 Å². The van der Waals surface area contributed by atoms with Gasteiger partial charge in [0, 0.05) is 11.8 Å². The molecule has 6 nitrogen and oxygen atoms in total. The Morgan fingerprint density at radius 3 is 2.75 bits per heavy atom. The molecule has 1 saturated carbocycles. The fraction of sp³-hybridized carbons (Fsp3) is 0.571. The van der Waals surface area contributed by atoms with Gasteiger partial charge in [0.1, 0.15) is 11.9 Å². The lowest BCUT2D eigenvalue weighted by Crippen LogP contribution is -2.57. The number of rotatable bonds is 5. The van der Waals surface area contributed by atoms with Crippen LogP contribution in [0.3, 0.4) is 0 Å². The number of nitrogens with zero attached hydrogens (tertiary/aromatic N) is 1. The van der Waals surface area contributed by atoms with Crippen molar-refractivity contribution in [3.8, 4) is 11.5 Å². The Labute approximate surface area is 117 Å². The van der Waals surface area contributed by atoms with E-state index in [1.165, 1.54) is 19.2 Å². The molecule has 3 atom stereocenters. The molecule has 0 saturated heterocycles. The molecule has 2 rings (SSSR count). The summed E-state index contributed by atoms with van der Waals surface area (Å²) < 4.78 is 10.7. The second-order valence-corrected chi connectivity index (χ2v) is 5.31. The largest absolute Gasteiger partial charge is 0.490 e. The first kappa shape index (κ1) is 14.6. The summed E-state index contributed by atoms with van der Waals surface area (Å²) in [5.74, 6) is 0.628. The van der Waals surface area contributed by atoms with Crippen molar-refractivity contribution in [2.45, 2.75) is 38.9 Å². The lowest BCUT2D eigenvalue weighted by atomic mass is 9.63. The van der Waals surface area contributed by atoms with Gasteiger partial charge in [0.2, 0.25) is 0 Å². The normalized spacial score (nSPS) is 28.6. The molecule has 110 valence electrons. The van der Waals surface area contributed by atoms with E-state index in [4.69, 9.17) is 9.47 Å². The van der Waals surface area contributed by atoms with Crippen LogP contribution < -0.4 is 9.47 Å². The molecule has 3 unspecified atom stereocenters. The highest BCUT2D eigenvalue weighted by atomic mass is 16.6. The average Bonchev–Trinajstić information content (AvgIpc) is 2.45. The standard InChI is InChI=1S/C14H19NO5/c1-4-14(2)12(16)8-13(14)20-9-5-6-11(19-3)10(7-9)15(17)18/h5-7,12-13,16H,4,8H2,1-3H3. The summed E-state index contributed by atoms with van der Waals surface area (Å²) in [5, 5.41) is 20.8. The zero-order valence-electron chi connectivity index (χ0n) is 11.8. The molecule has 0 aliphatic heterocycles. The SMILES string of the molecule is CCC1(C)C(O)CC1Oc1ccc(OC)c([N+](=O)[O-])c1. The van der Waals surface area contributed by atoms with E-state index in [0.717, 1.165) is 6.42 Å². The summed E-state index contributed by atoms with van der Waals surface area (Å²) in [6, 6.07) is 4.53. The molecule has 0 amide bonds. The van der Waals surface area contributed by atoms with Gasteiger partial charge in [-0.1, -0.05) is 13.8 Å². The molecule has 1 N–H and O–H groups in total. The van der Waals surface area contributed by atoms with Crippen molar-refractivity contribution in [3.63, 3.8) is 0 Å². The average molecular weight is 281 g/mol. The number of methoxy groups -OCH3 is 1.